The maximum absolute atomic E-state index is 12.9. The SMILES string of the molecule is Cc1cccc(NC(=O)c2c(C)c(C(=O)C(=O)NC3(C)CC(C)C3)n(C)c2C)c1. The van der Waals surface area contributed by atoms with Crippen molar-refractivity contribution >= 4 is 23.3 Å². The van der Waals surface area contributed by atoms with Gasteiger partial charge in [0.2, 0.25) is 0 Å². The van der Waals surface area contributed by atoms with Gasteiger partial charge in [0.1, 0.15) is 0 Å². The molecule has 2 amide bonds. The Morgan fingerprint density at radius 1 is 1.14 bits per heavy atom. The molecule has 0 spiro atoms. The molecule has 0 aliphatic heterocycles. The molecule has 3 rings (SSSR count). The first-order chi connectivity index (χ1) is 13.5. The van der Waals surface area contributed by atoms with Crippen molar-refractivity contribution in [3.63, 3.8) is 0 Å². The molecule has 29 heavy (non-hydrogen) atoms. The minimum absolute atomic E-state index is 0.255. The summed E-state index contributed by atoms with van der Waals surface area (Å²) in [5, 5.41) is 5.76. The van der Waals surface area contributed by atoms with Crippen LogP contribution in [0.3, 0.4) is 0 Å². The molecule has 6 nitrogen and oxygen atoms in total. The predicted octanol–water partition coefficient (Wildman–Crippen LogP) is 3.69. The third-order valence-corrected chi connectivity index (χ3v) is 5.87. The van der Waals surface area contributed by atoms with Crippen LogP contribution in [0.5, 0.6) is 0 Å². The first-order valence-electron chi connectivity index (χ1n) is 9.93. The van der Waals surface area contributed by atoms with Gasteiger partial charge in [-0.2, -0.15) is 0 Å². The third-order valence-electron chi connectivity index (χ3n) is 5.87. The van der Waals surface area contributed by atoms with Crippen LogP contribution in [0.2, 0.25) is 0 Å². The number of anilines is 1. The van der Waals surface area contributed by atoms with E-state index in [0.717, 1.165) is 18.4 Å². The van der Waals surface area contributed by atoms with Gasteiger partial charge >= 0.3 is 0 Å². The minimum atomic E-state index is -0.617. The lowest BCUT2D eigenvalue weighted by Crippen LogP contribution is -2.56. The first-order valence-corrected chi connectivity index (χ1v) is 9.93. The molecular formula is C23H29N3O3. The van der Waals surface area contributed by atoms with Gasteiger partial charge in [-0.1, -0.05) is 19.1 Å². The van der Waals surface area contributed by atoms with Crippen LogP contribution in [0.15, 0.2) is 24.3 Å². The van der Waals surface area contributed by atoms with Crippen molar-refractivity contribution in [2.75, 3.05) is 5.32 Å². The highest BCUT2D eigenvalue weighted by atomic mass is 16.2. The Balaban J connectivity index is 1.85. The number of carbonyl (C=O) groups excluding carboxylic acids is 3. The van der Waals surface area contributed by atoms with E-state index in [1.165, 1.54) is 0 Å². The summed E-state index contributed by atoms with van der Waals surface area (Å²) in [5.74, 6) is -0.969. The fraction of sp³-hybridized carbons (Fsp3) is 0.435. The van der Waals surface area contributed by atoms with Gasteiger partial charge in [0.05, 0.1) is 11.3 Å². The van der Waals surface area contributed by atoms with Gasteiger partial charge in [-0.3, -0.25) is 14.4 Å². The molecule has 0 atom stereocenters. The maximum Gasteiger partial charge on any atom is 0.294 e. The van der Waals surface area contributed by atoms with Crippen LogP contribution in [0.25, 0.3) is 0 Å². The van der Waals surface area contributed by atoms with E-state index in [2.05, 4.69) is 17.6 Å². The Hall–Kier alpha value is -2.89. The number of ketones is 1. The van der Waals surface area contributed by atoms with Crippen molar-refractivity contribution in [3.05, 3.63) is 52.3 Å². The van der Waals surface area contributed by atoms with E-state index in [0.29, 0.717) is 28.4 Å². The number of aromatic nitrogens is 1. The number of rotatable bonds is 5. The van der Waals surface area contributed by atoms with Crippen molar-refractivity contribution in [2.24, 2.45) is 13.0 Å². The normalized spacial score (nSPS) is 20.7. The molecular weight excluding hydrogens is 366 g/mol. The van der Waals surface area contributed by atoms with E-state index in [9.17, 15) is 14.4 Å². The van der Waals surface area contributed by atoms with Crippen molar-refractivity contribution in [2.45, 2.75) is 53.0 Å². The van der Waals surface area contributed by atoms with Gasteiger partial charge in [0, 0.05) is 24.0 Å². The van der Waals surface area contributed by atoms with Crippen molar-refractivity contribution in [3.8, 4) is 0 Å². The lowest BCUT2D eigenvalue weighted by Gasteiger charge is -2.44. The molecule has 1 aromatic carbocycles. The first kappa shape index (κ1) is 20.8. The average Bonchev–Trinajstić information content (AvgIpc) is 2.82. The lowest BCUT2D eigenvalue weighted by molar-refractivity contribution is -0.120. The highest BCUT2D eigenvalue weighted by Crippen LogP contribution is 2.37. The van der Waals surface area contributed by atoms with E-state index in [1.54, 1.807) is 25.5 Å². The van der Waals surface area contributed by atoms with Crippen LogP contribution in [0.4, 0.5) is 5.69 Å². The van der Waals surface area contributed by atoms with E-state index >= 15 is 0 Å². The molecule has 1 saturated carbocycles. The summed E-state index contributed by atoms with van der Waals surface area (Å²) in [7, 11) is 1.71. The Morgan fingerprint density at radius 3 is 2.38 bits per heavy atom. The fourth-order valence-corrected chi connectivity index (χ4v) is 4.57. The molecule has 0 unspecified atom stereocenters. The molecule has 1 aromatic heterocycles. The van der Waals surface area contributed by atoms with Crippen LogP contribution in [0, 0.1) is 26.7 Å². The zero-order chi connectivity index (χ0) is 21.5. The monoisotopic (exact) mass is 395 g/mol. The quantitative estimate of drug-likeness (QED) is 0.598. The Labute approximate surface area is 171 Å². The fourth-order valence-electron chi connectivity index (χ4n) is 4.57. The number of benzene rings is 1. The number of carbonyl (C=O) groups is 3. The van der Waals surface area contributed by atoms with Crippen LogP contribution in [0.1, 0.15) is 64.4 Å². The van der Waals surface area contributed by atoms with Crippen molar-refractivity contribution in [1.82, 2.24) is 9.88 Å². The molecule has 6 heteroatoms. The molecule has 1 fully saturated rings. The second-order valence-corrected chi connectivity index (χ2v) is 8.67. The highest BCUT2D eigenvalue weighted by Gasteiger charge is 2.40. The smallest absolute Gasteiger partial charge is 0.294 e. The van der Waals surface area contributed by atoms with Gasteiger partial charge in [0.15, 0.2) is 0 Å². The molecule has 2 aromatic rings. The predicted molar refractivity (Wildman–Crippen MR) is 113 cm³/mol. The molecule has 154 valence electrons. The summed E-state index contributed by atoms with van der Waals surface area (Å²) in [6.45, 7) is 9.53. The summed E-state index contributed by atoms with van der Waals surface area (Å²) < 4.78 is 1.63. The number of hydrogen-bond donors (Lipinski definition) is 2. The number of aryl methyl sites for hydroxylation is 1. The summed E-state index contributed by atoms with van der Waals surface area (Å²) >= 11 is 0. The van der Waals surface area contributed by atoms with Gasteiger partial charge in [-0.15, -0.1) is 0 Å². The summed E-state index contributed by atoms with van der Waals surface area (Å²) in [4.78, 5) is 38.4. The average molecular weight is 396 g/mol. The molecule has 0 saturated heterocycles. The molecule has 0 radical (unpaired) electrons. The van der Waals surface area contributed by atoms with Crippen LogP contribution in [-0.4, -0.2) is 27.7 Å². The second-order valence-electron chi connectivity index (χ2n) is 8.67. The minimum Gasteiger partial charge on any atom is -0.344 e. The molecule has 1 aliphatic carbocycles. The number of hydrogen-bond acceptors (Lipinski definition) is 3. The summed E-state index contributed by atoms with van der Waals surface area (Å²) in [5.41, 5.74) is 3.24. The zero-order valence-corrected chi connectivity index (χ0v) is 18.0. The second kappa shape index (κ2) is 7.50. The van der Waals surface area contributed by atoms with Gasteiger partial charge in [-0.05, 0) is 69.7 Å². The lowest BCUT2D eigenvalue weighted by atomic mass is 9.70. The van der Waals surface area contributed by atoms with E-state index in [1.807, 2.05) is 38.1 Å². The van der Waals surface area contributed by atoms with Gasteiger partial charge in [-0.25, -0.2) is 0 Å². The zero-order valence-electron chi connectivity index (χ0n) is 18.0. The number of amides is 2. The van der Waals surface area contributed by atoms with Crippen LogP contribution >= 0.6 is 0 Å². The van der Waals surface area contributed by atoms with Crippen molar-refractivity contribution in [1.29, 1.82) is 0 Å². The van der Waals surface area contributed by atoms with Crippen LogP contribution in [-0.2, 0) is 11.8 Å². The van der Waals surface area contributed by atoms with Crippen LogP contribution < -0.4 is 10.6 Å². The number of nitrogens with zero attached hydrogens (tertiary/aromatic N) is 1. The maximum atomic E-state index is 12.9. The van der Waals surface area contributed by atoms with Gasteiger partial charge in [0.25, 0.3) is 17.6 Å². The molecule has 1 heterocycles. The topological polar surface area (TPSA) is 80.2 Å². The summed E-state index contributed by atoms with van der Waals surface area (Å²) in [6.07, 6.45) is 1.72. The molecule has 2 N–H and O–H groups in total. The number of Topliss-reactive ketones (excluding diaryl/α,β-unsaturated/α-hetero) is 1. The van der Waals surface area contributed by atoms with E-state index in [-0.39, 0.29) is 17.1 Å². The number of nitrogens with one attached hydrogen (secondary N) is 2. The Morgan fingerprint density at radius 2 is 1.79 bits per heavy atom. The molecule has 1 aliphatic rings. The van der Waals surface area contributed by atoms with Gasteiger partial charge < -0.3 is 15.2 Å². The van der Waals surface area contributed by atoms with E-state index in [4.69, 9.17) is 0 Å². The third kappa shape index (κ3) is 3.97. The van der Waals surface area contributed by atoms with E-state index < -0.39 is 11.7 Å². The Kier molecular flexibility index (Phi) is 5.39. The largest absolute Gasteiger partial charge is 0.344 e. The molecule has 0 bridgehead atoms. The standard InChI is InChI=1S/C23H29N3O3/c1-13-8-7-9-17(10-13)24-21(28)18-15(3)19(26(6)16(18)4)20(27)22(29)25-23(5)11-14(2)12-23/h7-10,14H,11-12H2,1-6H3,(H,24,28)(H,25,29). The highest BCUT2D eigenvalue weighted by molar-refractivity contribution is 6.43. The Bertz CT molecular complexity index is 997. The summed E-state index contributed by atoms with van der Waals surface area (Å²) in [6, 6.07) is 7.52. The van der Waals surface area contributed by atoms with Crippen molar-refractivity contribution < 1.29 is 14.4 Å².